The second-order valence-electron chi connectivity index (χ2n) is 5.97. The summed E-state index contributed by atoms with van der Waals surface area (Å²) in [6.45, 7) is 1.58. The molecule has 0 fully saturated rings. The average molecular weight is 384 g/mol. The highest BCUT2D eigenvalue weighted by Crippen LogP contribution is 2.33. The number of aromatic nitrogens is 1. The molecule has 8 heteroatoms. The van der Waals surface area contributed by atoms with Crippen LogP contribution in [0.1, 0.15) is 6.92 Å². The zero-order valence-corrected chi connectivity index (χ0v) is 16.1. The number of rotatable bonds is 6. The number of hydrogen-bond donors (Lipinski definition) is 2. The number of anilines is 3. The molecule has 3 aromatic rings. The van der Waals surface area contributed by atoms with Crippen molar-refractivity contribution in [2.24, 2.45) is 0 Å². The molecule has 1 aromatic heterocycles. The number of amides is 2. The van der Waals surface area contributed by atoms with Crippen LogP contribution in [-0.4, -0.2) is 37.5 Å². The van der Waals surface area contributed by atoms with Crippen LogP contribution < -0.4 is 20.3 Å². The fourth-order valence-corrected chi connectivity index (χ4v) is 3.54. The van der Waals surface area contributed by atoms with Gasteiger partial charge in [0.1, 0.15) is 11.3 Å². The Bertz CT molecular complexity index is 986. The van der Waals surface area contributed by atoms with Gasteiger partial charge >= 0.3 is 0 Å². The summed E-state index contributed by atoms with van der Waals surface area (Å²) in [4.78, 5) is 29.9. The molecule has 0 bridgehead atoms. The van der Waals surface area contributed by atoms with Gasteiger partial charge in [0.25, 0.3) is 0 Å². The van der Waals surface area contributed by atoms with Crippen LogP contribution in [0.4, 0.5) is 16.5 Å². The maximum absolute atomic E-state index is 12.4. The Kier molecular flexibility index (Phi) is 5.56. The van der Waals surface area contributed by atoms with Crippen molar-refractivity contribution in [3.63, 3.8) is 0 Å². The van der Waals surface area contributed by atoms with E-state index in [1.54, 1.807) is 36.3 Å². The number of methoxy groups -OCH3 is 1. The fraction of sp³-hybridized carbons (Fsp3) is 0.211. The van der Waals surface area contributed by atoms with Gasteiger partial charge < -0.3 is 20.3 Å². The summed E-state index contributed by atoms with van der Waals surface area (Å²) >= 11 is 1.50. The quantitative estimate of drug-likeness (QED) is 0.681. The molecule has 0 aliphatic rings. The number of ether oxygens (including phenoxy) is 1. The summed E-state index contributed by atoms with van der Waals surface area (Å²) in [5, 5.41) is 6.26. The van der Waals surface area contributed by atoms with Crippen molar-refractivity contribution in [2.75, 3.05) is 36.2 Å². The Hall–Kier alpha value is -3.13. The van der Waals surface area contributed by atoms with Crippen molar-refractivity contribution in [3.8, 4) is 5.75 Å². The van der Waals surface area contributed by atoms with Gasteiger partial charge in [0.15, 0.2) is 5.13 Å². The lowest BCUT2D eigenvalue weighted by molar-refractivity contribution is -0.115. The van der Waals surface area contributed by atoms with E-state index >= 15 is 0 Å². The Balaban J connectivity index is 1.68. The summed E-state index contributed by atoms with van der Waals surface area (Å²) in [6, 6.07) is 12.8. The number of benzene rings is 2. The third kappa shape index (κ3) is 4.53. The van der Waals surface area contributed by atoms with Gasteiger partial charge in [0.2, 0.25) is 11.8 Å². The van der Waals surface area contributed by atoms with E-state index in [0.717, 1.165) is 15.3 Å². The highest BCUT2D eigenvalue weighted by molar-refractivity contribution is 7.22. The van der Waals surface area contributed by atoms with Gasteiger partial charge in [0.05, 0.1) is 18.4 Å². The standard InChI is InChI=1S/C19H20N4O3S/c1-12(24)20-13-6-4-7-14(10-13)21-17(25)11-23(2)19-22-18-15(26-3)8-5-9-16(18)27-19/h4-10H,11H2,1-3H3,(H,20,24)(H,21,25). The topological polar surface area (TPSA) is 83.6 Å². The Labute approximate surface area is 161 Å². The third-order valence-corrected chi connectivity index (χ3v) is 4.90. The van der Waals surface area contributed by atoms with Gasteiger partial charge in [0, 0.05) is 25.3 Å². The van der Waals surface area contributed by atoms with E-state index in [9.17, 15) is 9.59 Å². The van der Waals surface area contributed by atoms with Crippen LogP contribution in [0, 0.1) is 0 Å². The second kappa shape index (κ2) is 8.05. The van der Waals surface area contributed by atoms with Crippen molar-refractivity contribution < 1.29 is 14.3 Å². The Morgan fingerprint density at radius 2 is 1.85 bits per heavy atom. The molecule has 0 atom stereocenters. The SMILES string of the molecule is COc1cccc2sc(N(C)CC(=O)Nc3cccc(NC(C)=O)c3)nc12. The number of carbonyl (C=O) groups is 2. The Morgan fingerprint density at radius 1 is 1.15 bits per heavy atom. The lowest BCUT2D eigenvalue weighted by Gasteiger charge is -2.15. The van der Waals surface area contributed by atoms with Gasteiger partial charge in [-0.25, -0.2) is 4.98 Å². The Morgan fingerprint density at radius 3 is 2.56 bits per heavy atom. The molecule has 0 radical (unpaired) electrons. The normalized spacial score (nSPS) is 10.5. The zero-order valence-electron chi connectivity index (χ0n) is 15.3. The molecule has 0 aliphatic heterocycles. The third-order valence-electron chi connectivity index (χ3n) is 3.76. The van der Waals surface area contributed by atoms with E-state index in [2.05, 4.69) is 15.6 Å². The molecule has 140 valence electrons. The number of para-hydroxylation sites is 1. The highest BCUT2D eigenvalue weighted by atomic mass is 32.1. The molecule has 0 spiro atoms. The molecule has 1 heterocycles. The first-order valence-corrected chi connectivity index (χ1v) is 9.10. The predicted molar refractivity (Wildman–Crippen MR) is 109 cm³/mol. The zero-order chi connectivity index (χ0) is 19.4. The van der Waals surface area contributed by atoms with E-state index in [0.29, 0.717) is 17.1 Å². The average Bonchev–Trinajstić information content (AvgIpc) is 3.05. The van der Waals surface area contributed by atoms with Crippen molar-refractivity contribution >= 4 is 49.9 Å². The van der Waals surface area contributed by atoms with Crippen LogP contribution in [0.25, 0.3) is 10.2 Å². The lowest BCUT2D eigenvalue weighted by Crippen LogP contribution is -2.29. The highest BCUT2D eigenvalue weighted by Gasteiger charge is 2.14. The molecule has 0 saturated heterocycles. The van der Waals surface area contributed by atoms with E-state index < -0.39 is 0 Å². The molecular weight excluding hydrogens is 364 g/mol. The van der Waals surface area contributed by atoms with Crippen LogP contribution in [0.5, 0.6) is 5.75 Å². The van der Waals surface area contributed by atoms with E-state index in [4.69, 9.17) is 4.74 Å². The predicted octanol–water partition coefficient (Wildman–Crippen LogP) is 3.34. The van der Waals surface area contributed by atoms with Crippen molar-refractivity contribution in [2.45, 2.75) is 6.92 Å². The smallest absolute Gasteiger partial charge is 0.243 e. The molecule has 0 unspecified atom stereocenters. The summed E-state index contributed by atoms with van der Waals surface area (Å²) in [5.74, 6) is 0.371. The van der Waals surface area contributed by atoms with Gasteiger partial charge in [-0.05, 0) is 30.3 Å². The number of likely N-dealkylation sites (N-methyl/N-ethyl adjacent to an activating group) is 1. The van der Waals surface area contributed by atoms with Gasteiger partial charge in [-0.3, -0.25) is 9.59 Å². The number of thiazole rings is 1. The van der Waals surface area contributed by atoms with Crippen molar-refractivity contribution in [1.82, 2.24) is 4.98 Å². The molecule has 0 saturated carbocycles. The number of carbonyl (C=O) groups excluding carboxylic acids is 2. The second-order valence-corrected chi connectivity index (χ2v) is 6.98. The number of hydrogen-bond acceptors (Lipinski definition) is 6. The van der Waals surface area contributed by atoms with Crippen LogP contribution >= 0.6 is 11.3 Å². The molecular formula is C19H20N4O3S. The fourth-order valence-electron chi connectivity index (χ4n) is 2.60. The van der Waals surface area contributed by atoms with E-state index in [-0.39, 0.29) is 18.4 Å². The summed E-state index contributed by atoms with van der Waals surface area (Å²) in [7, 11) is 3.43. The van der Waals surface area contributed by atoms with Crippen molar-refractivity contribution in [1.29, 1.82) is 0 Å². The summed E-state index contributed by atoms with van der Waals surface area (Å²) in [6.07, 6.45) is 0. The molecule has 7 nitrogen and oxygen atoms in total. The summed E-state index contributed by atoms with van der Waals surface area (Å²) in [5.41, 5.74) is 2.04. The molecule has 2 aromatic carbocycles. The number of fused-ring (bicyclic) bond motifs is 1. The van der Waals surface area contributed by atoms with Crippen LogP contribution in [0.3, 0.4) is 0 Å². The first-order chi connectivity index (χ1) is 13.0. The van der Waals surface area contributed by atoms with Gasteiger partial charge in [-0.2, -0.15) is 0 Å². The first kappa shape index (κ1) is 18.7. The monoisotopic (exact) mass is 384 g/mol. The maximum Gasteiger partial charge on any atom is 0.243 e. The number of nitrogens with one attached hydrogen (secondary N) is 2. The molecule has 2 N–H and O–H groups in total. The summed E-state index contributed by atoms with van der Waals surface area (Å²) < 4.78 is 6.34. The minimum Gasteiger partial charge on any atom is -0.494 e. The molecule has 0 aliphatic carbocycles. The first-order valence-electron chi connectivity index (χ1n) is 8.28. The minimum absolute atomic E-state index is 0.145. The number of nitrogens with zero attached hydrogens (tertiary/aromatic N) is 2. The van der Waals surface area contributed by atoms with Crippen LogP contribution in [0.15, 0.2) is 42.5 Å². The van der Waals surface area contributed by atoms with Crippen LogP contribution in [0.2, 0.25) is 0 Å². The molecule has 27 heavy (non-hydrogen) atoms. The van der Waals surface area contributed by atoms with Crippen LogP contribution in [-0.2, 0) is 9.59 Å². The minimum atomic E-state index is -0.177. The largest absolute Gasteiger partial charge is 0.494 e. The van der Waals surface area contributed by atoms with E-state index in [1.165, 1.54) is 18.3 Å². The molecule has 2 amide bonds. The maximum atomic E-state index is 12.4. The van der Waals surface area contributed by atoms with Crippen molar-refractivity contribution in [3.05, 3.63) is 42.5 Å². The van der Waals surface area contributed by atoms with Gasteiger partial charge in [-0.15, -0.1) is 0 Å². The van der Waals surface area contributed by atoms with Gasteiger partial charge in [-0.1, -0.05) is 23.5 Å². The van der Waals surface area contributed by atoms with E-state index in [1.807, 2.05) is 25.2 Å². The molecule has 3 rings (SSSR count). The lowest BCUT2D eigenvalue weighted by atomic mass is 10.2.